The van der Waals surface area contributed by atoms with Crippen molar-refractivity contribution in [3.05, 3.63) is 12.2 Å². The highest BCUT2D eigenvalue weighted by atomic mass is 15.0. The molecule has 0 radical (unpaired) electrons. The molecule has 0 aliphatic rings. The SMILES string of the molecule is C=C(C)CNCCNC(C)C. The molecule has 0 atom stereocenters. The van der Waals surface area contributed by atoms with Crippen molar-refractivity contribution in [2.75, 3.05) is 19.6 Å². The van der Waals surface area contributed by atoms with E-state index in [0.717, 1.165) is 19.6 Å². The Kier molecular flexibility index (Phi) is 6.18. The average Bonchev–Trinajstić information content (AvgIpc) is 1.85. The van der Waals surface area contributed by atoms with Crippen LogP contribution >= 0.6 is 0 Å². The first-order chi connectivity index (χ1) is 5.13. The third-order valence-corrected chi connectivity index (χ3v) is 1.28. The van der Waals surface area contributed by atoms with Crippen LogP contribution in [-0.4, -0.2) is 25.7 Å². The zero-order valence-electron chi connectivity index (χ0n) is 7.91. The number of nitrogens with one attached hydrogen (secondary N) is 2. The minimum atomic E-state index is 0.585. The molecule has 2 heteroatoms. The molecule has 0 aromatic rings. The van der Waals surface area contributed by atoms with Crippen molar-refractivity contribution in [3.63, 3.8) is 0 Å². The predicted molar refractivity (Wildman–Crippen MR) is 50.8 cm³/mol. The van der Waals surface area contributed by atoms with E-state index in [1.807, 2.05) is 6.92 Å². The Morgan fingerprint density at radius 2 is 2.00 bits per heavy atom. The van der Waals surface area contributed by atoms with Crippen molar-refractivity contribution >= 4 is 0 Å². The Morgan fingerprint density at radius 3 is 2.45 bits per heavy atom. The summed E-state index contributed by atoms with van der Waals surface area (Å²) < 4.78 is 0. The summed E-state index contributed by atoms with van der Waals surface area (Å²) >= 11 is 0. The largest absolute Gasteiger partial charge is 0.313 e. The standard InChI is InChI=1S/C9H20N2/c1-8(2)7-10-5-6-11-9(3)4/h9-11H,1,5-7H2,2-4H3. The van der Waals surface area contributed by atoms with Crippen molar-refractivity contribution in [3.8, 4) is 0 Å². The van der Waals surface area contributed by atoms with Gasteiger partial charge >= 0.3 is 0 Å². The molecule has 66 valence electrons. The Balaban J connectivity index is 2.97. The molecule has 0 rings (SSSR count). The molecule has 0 bridgehead atoms. The van der Waals surface area contributed by atoms with Crippen molar-refractivity contribution in [1.82, 2.24) is 10.6 Å². The van der Waals surface area contributed by atoms with E-state index in [-0.39, 0.29) is 0 Å². The van der Waals surface area contributed by atoms with E-state index < -0.39 is 0 Å². The van der Waals surface area contributed by atoms with Crippen molar-refractivity contribution in [2.45, 2.75) is 26.8 Å². The van der Waals surface area contributed by atoms with Gasteiger partial charge in [-0.3, -0.25) is 0 Å². The van der Waals surface area contributed by atoms with E-state index in [1.165, 1.54) is 5.57 Å². The van der Waals surface area contributed by atoms with Crippen LogP contribution in [0.25, 0.3) is 0 Å². The van der Waals surface area contributed by atoms with Crippen LogP contribution in [0.4, 0.5) is 0 Å². The number of hydrogen-bond acceptors (Lipinski definition) is 2. The zero-order chi connectivity index (χ0) is 8.69. The van der Waals surface area contributed by atoms with Crippen molar-refractivity contribution in [1.29, 1.82) is 0 Å². The van der Waals surface area contributed by atoms with Gasteiger partial charge in [-0.15, -0.1) is 0 Å². The van der Waals surface area contributed by atoms with E-state index >= 15 is 0 Å². The molecule has 11 heavy (non-hydrogen) atoms. The molecule has 0 amide bonds. The van der Waals surface area contributed by atoms with Crippen molar-refractivity contribution < 1.29 is 0 Å². The smallest absolute Gasteiger partial charge is 0.0159 e. The summed E-state index contributed by atoms with van der Waals surface area (Å²) in [5, 5.41) is 6.61. The fraction of sp³-hybridized carbons (Fsp3) is 0.778. The van der Waals surface area contributed by atoms with Gasteiger partial charge in [-0.05, 0) is 6.92 Å². The summed E-state index contributed by atoms with van der Waals surface area (Å²) in [5.74, 6) is 0. The summed E-state index contributed by atoms with van der Waals surface area (Å²) in [4.78, 5) is 0. The third-order valence-electron chi connectivity index (χ3n) is 1.28. The average molecular weight is 156 g/mol. The first kappa shape index (κ1) is 10.7. The fourth-order valence-electron chi connectivity index (χ4n) is 0.751. The maximum Gasteiger partial charge on any atom is 0.0159 e. The van der Waals surface area contributed by atoms with Crippen LogP contribution in [0.5, 0.6) is 0 Å². The van der Waals surface area contributed by atoms with Gasteiger partial charge < -0.3 is 10.6 Å². The monoisotopic (exact) mass is 156 g/mol. The second kappa shape index (κ2) is 6.38. The third kappa shape index (κ3) is 9.66. The van der Waals surface area contributed by atoms with Crippen molar-refractivity contribution in [2.24, 2.45) is 0 Å². The molecule has 0 aromatic carbocycles. The lowest BCUT2D eigenvalue weighted by Gasteiger charge is -2.08. The first-order valence-corrected chi connectivity index (χ1v) is 4.21. The Labute approximate surface area is 70.1 Å². The molecular formula is C9H20N2. The summed E-state index contributed by atoms with van der Waals surface area (Å²) in [6.07, 6.45) is 0. The summed E-state index contributed by atoms with van der Waals surface area (Å²) in [6.45, 7) is 13.1. The lowest BCUT2D eigenvalue weighted by Crippen LogP contribution is -2.32. The highest BCUT2D eigenvalue weighted by Crippen LogP contribution is 1.80. The van der Waals surface area contributed by atoms with Gasteiger partial charge in [-0.2, -0.15) is 0 Å². The maximum absolute atomic E-state index is 3.80. The Bertz CT molecular complexity index is 108. The van der Waals surface area contributed by atoms with Crippen LogP contribution in [0.15, 0.2) is 12.2 Å². The molecule has 0 heterocycles. The van der Waals surface area contributed by atoms with Gasteiger partial charge in [0.1, 0.15) is 0 Å². The normalized spacial score (nSPS) is 10.5. The Hall–Kier alpha value is -0.340. The van der Waals surface area contributed by atoms with Gasteiger partial charge in [0, 0.05) is 25.7 Å². The molecule has 2 nitrogen and oxygen atoms in total. The molecule has 2 N–H and O–H groups in total. The lowest BCUT2D eigenvalue weighted by molar-refractivity contribution is 0.565. The number of hydrogen-bond donors (Lipinski definition) is 2. The van der Waals surface area contributed by atoms with Gasteiger partial charge in [0.05, 0.1) is 0 Å². The summed E-state index contributed by atoms with van der Waals surface area (Å²) in [7, 11) is 0. The minimum Gasteiger partial charge on any atom is -0.313 e. The molecular weight excluding hydrogens is 136 g/mol. The predicted octanol–water partition coefficient (Wildman–Crippen LogP) is 1.15. The van der Waals surface area contributed by atoms with Gasteiger partial charge in [-0.25, -0.2) is 0 Å². The van der Waals surface area contributed by atoms with Gasteiger partial charge in [-0.1, -0.05) is 26.0 Å². The second-order valence-electron chi connectivity index (χ2n) is 3.24. The quantitative estimate of drug-likeness (QED) is 0.445. The fourth-order valence-corrected chi connectivity index (χ4v) is 0.751. The minimum absolute atomic E-state index is 0.585. The maximum atomic E-state index is 3.80. The molecule has 0 fully saturated rings. The highest BCUT2D eigenvalue weighted by Gasteiger charge is 1.90. The molecule has 0 saturated heterocycles. The van der Waals surface area contributed by atoms with Gasteiger partial charge in [0.25, 0.3) is 0 Å². The van der Waals surface area contributed by atoms with Gasteiger partial charge in [0.15, 0.2) is 0 Å². The number of rotatable bonds is 6. The first-order valence-electron chi connectivity index (χ1n) is 4.21. The van der Waals surface area contributed by atoms with Crippen LogP contribution in [0.3, 0.4) is 0 Å². The van der Waals surface area contributed by atoms with Crippen LogP contribution in [0, 0.1) is 0 Å². The van der Waals surface area contributed by atoms with E-state index in [0.29, 0.717) is 6.04 Å². The second-order valence-corrected chi connectivity index (χ2v) is 3.24. The van der Waals surface area contributed by atoms with E-state index in [1.54, 1.807) is 0 Å². The van der Waals surface area contributed by atoms with E-state index in [2.05, 4.69) is 31.1 Å². The molecule has 0 unspecified atom stereocenters. The van der Waals surface area contributed by atoms with E-state index in [9.17, 15) is 0 Å². The zero-order valence-corrected chi connectivity index (χ0v) is 7.91. The van der Waals surface area contributed by atoms with Crippen LogP contribution in [0.1, 0.15) is 20.8 Å². The van der Waals surface area contributed by atoms with E-state index in [4.69, 9.17) is 0 Å². The topological polar surface area (TPSA) is 24.1 Å². The Morgan fingerprint density at radius 1 is 1.36 bits per heavy atom. The van der Waals surface area contributed by atoms with Crippen LogP contribution in [0.2, 0.25) is 0 Å². The molecule has 0 aliphatic carbocycles. The van der Waals surface area contributed by atoms with Crippen LogP contribution < -0.4 is 10.6 Å². The van der Waals surface area contributed by atoms with Gasteiger partial charge in [0.2, 0.25) is 0 Å². The molecule has 0 aromatic heterocycles. The molecule has 0 spiro atoms. The lowest BCUT2D eigenvalue weighted by atomic mass is 10.3. The summed E-state index contributed by atoms with van der Waals surface area (Å²) in [6, 6.07) is 0.585. The highest BCUT2D eigenvalue weighted by molar-refractivity contribution is 4.90. The van der Waals surface area contributed by atoms with Crippen LogP contribution in [-0.2, 0) is 0 Å². The summed E-state index contributed by atoms with van der Waals surface area (Å²) in [5.41, 5.74) is 1.19. The molecule has 0 aliphatic heterocycles. The molecule has 0 saturated carbocycles.